The van der Waals surface area contributed by atoms with E-state index in [1.807, 2.05) is 31.3 Å². The molecular weight excluding hydrogens is 376 g/mol. The fraction of sp³-hybridized carbons (Fsp3) is 0.381. The number of piperidine rings is 1. The zero-order chi connectivity index (χ0) is 19.5. The van der Waals surface area contributed by atoms with Gasteiger partial charge in [0, 0.05) is 18.8 Å². The average Bonchev–Trinajstić information content (AvgIpc) is 2.69. The highest BCUT2D eigenvalue weighted by atomic mass is 35.5. The van der Waals surface area contributed by atoms with Crippen molar-refractivity contribution in [2.75, 3.05) is 19.7 Å². The van der Waals surface area contributed by atoms with Crippen molar-refractivity contribution in [3.05, 3.63) is 69.5 Å². The summed E-state index contributed by atoms with van der Waals surface area (Å²) in [5, 5.41) is 0.470. The predicted octanol–water partition coefficient (Wildman–Crippen LogP) is 3.34. The Kier molecular flexibility index (Phi) is 5.59. The minimum absolute atomic E-state index is 0.0245. The summed E-state index contributed by atoms with van der Waals surface area (Å²) in [5.74, 6) is 1.27. The number of aromatic nitrogens is 3. The van der Waals surface area contributed by atoms with Crippen molar-refractivity contribution in [1.29, 1.82) is 0 Å². The van der Waals surface area contributed by atoms with Crippen molar-refractivity contribution in [1.82, 2.24) is 19.3 Å². The smallest absolute Gasteiger partial charge is 0.258 e. The third-order valence-electron chi connectivity index (χ3n) is 5.14. The van der Waals surface area contributed by atoms with E-state index in [0.29, 0.717) is 29.9 Å². The number of nitrogens with zero attached hydrogens (tertiary/aromatic N) is 4. The molecule has 7 heteroatoms. The number of rotatable bonds is 5. The molecule has 0 saturated carbocycles. The van der Waals surface area contributed by atoms with Crippen LogP contribution in [-0.2, 0) is 6.54 Å². The van der Waals surface area contributed by atoms with Gasteiger partial charge >= 0.3 is 0 Å². The zero-order valence-corrected chi connectivity index (χ0v) is 16.6. The highest BCUT2D eigenvalue weighted by Crippen LogP contribution is 2.21. The van der Waals surface area contributed by atoms with Crippen LogP contribution < -0.4 is 10.3 Å². The third-order valence-corrected chi connectivity index (χ3v) is 5.36. The van der Waals surface area contributed by atoms with E-state index in [-0.39, 0.29) is 5.56 Å². The molecule has 0 spiro atoms. The van der Waals surface area contributed by atoms with Crippen LogP contribution in [0.4, 0.5) is 0 Å². The molecule has 4 heterocycles. The number of hydrogen-bond donors (Lipinski definition) is 0. The fourth-order valence-electron chi connectivity index (χ4n) is 3.54. The van der Waals surface area contributed by atoms with Gasteiger partial charge in [0.2, 0.25) is 0 Å². The Morgan fingerprint density at radius 3 is 2.79 bits per heavy atom. The maximum Gasteiger partial charge on any atom is 0.258 e. The summed E-state index contributed by atoms with van der Waals surface area (Å²) in [6.45, 7) is 5.31. The Morgan fingerprint density at radius 1 is 1.21 bits per heavy atom. The van der Waals surface area contributed by atoms with Crippen molar-refractivity contribution >= 4 is 17.2 Å². The lowest BCUT2D eigenvalue weighted by Gasteiger charge is -2.31. The summed E-state index contributed by atoms with van der Waals surface area (Å²) in [6.07, 6.45) is 5.61. The number of halogens is 1. The summed E-state index contributed by atoms with van der Waals surface area (Å²) in [7, 11) is 0. The molecule has 0 bridgehead atoms. The van der Waals surface area contributed by atoms with Gasteiger partial charge in [-0.2, -0.15) is 0 Å². The molecule has 1 aliphatic rings. The van der Waals surface area contributed by atoms with Gasteiger partial charge in [-0.15, -0.1) is 0 Å². The summed E-state index contributed by atoms with van der Waals surface area (Å²) in [5.41, 5.74) is 2.55. The van der Waals surface area contributed by atoms with E-state index in [9.17, 15) is 4.79 Å². The Bertz CT molecular complexity index is 1010. The van der Waals surface area contributed by atoms with Gasteiger partial charge in [0.1, 0.15) is 16.5 Å². The average molecular weight is 399 g/mol. The van der Waals surface area contributed by atoms with E-state index >= 15 is 0 Å². The Morgan fingerprint density at radius 2 is 2.04 bits per heavy atom. The van der Waals surface area contributed by atoms with E-state index in [0.717, 1.165) is 42.9 Å². The van der Waals surface area contributed by atoms with Crippen LogP contribution in [0.5, 0.6) is 5.75 Å². The lowest BCUT2D eigenvalue weighted by molar-refractivity contribution is 0.135. The van der Waals surface area contributed by atoms with Gasteiger partial charge in [0.15, 0.2) is 0 Å². The highest BCUT2D eigenvalue weighted by Gasteiger charge is 2.20. The lowest BCUT2D eigenvalue weighted by Crippen LogP contribution is -2.35. The first-order chi connectivity index (χ1) is 13.6. The van der Waals surface area contributed by atoms with Gasteiger partial charge in [-0.25, -0.2) is 9.97 Å². The largest absolute Gasteiger partial charge is 0.492 e. The Labute approximate surface area is 168 Å². The second kappa shape index (κ2) is 8.29. The topological polar surface area (TPSA) is 59.7 Å². The zero-order valence-electron chi connectivity index (χ0n) is 15.8. The van der Waals surface area contributed by atoms with Crippen LogP contribution >= 0.6 is 11.6 Å². The van der Waals surface area contributed by atoms with Crippen LogP contribution in [0.25, 0.3) is 5.65 Å². The van der Waals surface area contributed by atoms with Gasteiger partial charge in [-0.05, 0) is 62.5 Å². The SMILES string of the molecule is Cc1ccc2nc(CN3CCC(COc4ccc(Cl)nc4)CC3)cc(=O)n2c1. The maximum atomic E-state index is 12.4. The number of ether oxygens (including phenoxy) is 1. The molecule has 1 saturated heterocycles. The lowest BCUT2D eigenvalue weighted by atomic mass is 9.97. The molecule has 0 amide bonds. The summed E-state index contributed by atoms with van der Waals surface area (Å²) >= 11 is 5.79. The molecule has 0 aromatic carbocycles. The molecule has 28 heavy (non-hydrogen) atoms. The minimum Gasteiger partial charge on any atom is -0.492 e. The van der Waals surface area contributed by atoms with Crippen molar-refractivity contribution in [2.24, 2.45) is 5.92 Å². The first-order valence-corrected chi connectivity index (χ1v) is 9.90. The van der Waals surface area contributed by atoms with Crippen molar-refractivity contribution < 1.29 is 4.74 Å². The molecule has 146 valence electrons. The fourth-order valence-corrected chi connectivity index (χ4v) is 3.65. The molecule has 1 fully saturated rings. The number of aryl methyl sites for hydroxylation is 1. The van der Waals surface area contributed by atoms with E-state index in [4.69, 9.17) is 16.3 Å². The normalized spacial score (nSPS) is 15.8. The van der Waals surface area contributed by atoms with Crippen LogP contribution in [0.3, 0.4) is 0 Å². The molecule has 4 rings (SSSR count). The van der Waals surface area contributed by atoms with E-state index < -0.39 is 0 Å². The van der Waals surface area contributed by atoms with Crippen LogP contribution in [0.2, 0.25) is 5.15 Å². The van der Waals surface area contributed by atoms with Crippen LogP contribution in [0.15, 0.2) is 47.5 Å². The first-order valence-electron chi connectivity index (χ1n) is 9.52. The minimum atomic E-state index is -0.0245. The van der Waals surface area contributed by atoms with Crippen LogP contribution in [0.1, 0.15) is 24.1 Å². The predicted molar refractivity (Wildman–Crippen MR) is 109 cm³/mol. The van der Waals surface area contributed by atoms with Gasteiger partial charge in [0.05, 0.1) is 18.5 Å². The number of pyridine rings is 2. The van der Waals surface area contributed by atoms with Crippen molar-refractivity contribution in [2.45, 2.75) is 26.3 Å². The number of likely N-dealkylation sites (tertiary alicyclic amines) is 1. The Balaban J connectivity index is 1.32. The van der Waals surface area contributed by atoms with Crippen LogP contribution in [0, 0.1) is 12.8 Å². The Hall–Kier alpha value is -2.44. The van der Waals surface area contributed by atoms with E-state index in [2.05, 4.69) is 14.9 Å². The molecule has 6 nitrogen and oxygen atoms in total. The quantitative estimate of drug-likeness (QED) is 0.617. The first kappa shape index (κ1) is 18.9. The van der Waals surface area contributed by atoms with Gasteiger partial charge < -0.3 is 4.74 Å². The van der Waals surface area contributed by atoms with Crippen molar-refractivity contribution in [3.63, 3.8) is 0 Å². The second-order valence-corrected chi connectivity index (χ2v) is 7.75. The molecule has 0 unspecified atom stereocenters. The monoisotopic (exact) mass is 398 g/mol. The molecule has 3 aromatic rings. The van der Waals surface area contributed by atoms with Gasteiger partial charge in [-0.1, -0.05) is 17.7 Å². The molecule has 1 aliphatic heterocycles. The van der Waals surface area contributed by atoms with Gasteiger partial charge in [-0.3, -0.25) is 14.1 Å². The number of hydrogen-bond acceptors (Lipinski definition) is 5. The molecule has 3 aromatic heterocycles. The van der Waals surface area contributed by atoms with Crippen LogP contribution in [-0.4, -0.2) is 39.0 Å². The summed E-state index contributed by atoms with van der Waals surface area (Å²) in [4.78, 5) is 23.4. The van der Waals surface area contributed by atoms with E-state index in [1.54, 1.807) is 22.7 Å². The standard InChI is InChI=1S/C21H23ClN4O2/c1-15-2-5-20-24-17(10-21(27)26(20)12-15)13-25-8-6-16(7-9-25)14-28-18-3-4-19(22)23-11-18/h2-5,10-12,16H,6-9,13-14H2,1H3. The second-order valence-electron chi connectivity index (χ2n) is 7.37. The molecule has 0 atom stereocenters. The maximum absolute atomic E-state index is 12.4. The molecular formula is C21H23ClN4O2. The number of fused-ring (bicyclic) bond motifs is 1. The summed E-state index contributed by atoms with van der Waals surface area (Å²) in [6, 6.07) is 9.10. The van der Waals surface area contributed by atoms with E-state index in [1.165, 1.54) is 0 Å². The highest BCUT2D eigenvalue weighted by molar-refractivity contribution is 6.29. The third kappa shape index (κ3) is 4.51. The molecule has 0 aliphatic carbocycles. The van der Waals surface area contributed by atoms with Gasteiger partial charge in [0.25, 0.3) is 5.56 Å². The molecule has 0 radical (unpaired) electrons. The van der Waals surface area contributed by atoms with Crippen molar-refractivity contribution in [3.8, 4) is 5.75 Å². The summed E-state index contributed by atoms with van der Waals surface area (Å²) < 4.78 is 7.44. The molecule has 0 N–H and O–H groups in total.